The Morgan fingerprint density at radius 1 is 1.00 bits per heavy atom. The molecule has 1 N–H and O–H groups in total. The molecular formula is C21H18N2O4S. The molecule has 142 valence electrons. The molecule has 0 radical (unpaired) electrons. The number of methoxy groups -OCH3 is 1. The average molecular weight is 394 g/mol. The molecule has 1 heterocycles. The van der Waals surface area contributed by atoms with E-state index in [0.29, 0.717) is 11.4 Å². The fourth-order valence-electron chi connectivity index (χ4n) is 2.44. The predicted octanol–water partition coefficient (Wildman–Crippen LogP) is 3.57. The third-order valence-corrected chi connectivity index (χ3v) is 5.70. The van der Waals surface area contributed by atoms with Crippen molar-refractivity contribution in [3.63, 3.8) is 0 Å². The molecule has 3 rings (SSSR count). The Bertz CT molecular complexity index is 1080. The van der Waals surface area contributed by atoms with E-state index in [4.69, 9.17) is 4.74 Å². The van der Waals surface area contributed by atoms with Gasteiger partial charge in [-0.25, -0.2) is 8.42 Å². The van der Waals surface area contributed by atoms with E-state index in [1.54, 1.807) is 48.8 Å². The molecular weight excluding hydrogens is 376 g/mol. The Kier molecular flexibility index (Phi) is 5.86. The zero-order valence-electron chi connectivity index (χ0n) is 15.1. The number of benzene rings is 2. The summed E-state index contributed by atoms with van der Waals surface area (Å²) in [6, 6.07) is 15.8. The minimum absolute atomic E-state index is 0.140. The van der Waals surface area contributed by atoms with Gasteiger partial charge in [-0.3, -0.25) is 9.78 Å². The third-order valence-electron chi connectivity index (χ3n) is 3.91. The van der Waals surface area contributed by atoms with E-state index in [-0.39, 0.29) is 15.7 Å². The minimum atomic E-state index is -3.64. The van der Waals surface area contributed by atoms with Crippen molar-refractivity contribution in [3.8, 4) is 5.75 Å². The lowest BCUT2D eigenvalue weighted by molar-refractivity contribution is -0.111. The Morgan fingerprint density at radius 2 is 1.64 bits per heavy atom. The molecule has 6 nitrogen and oxygen atoms in total. The third kappa shape index (κ3) is 4.63. The molecule has 0 fully saturated rings. The van der Waals surface area contributed by atoms with Gasteiger partial charge in [0.05, 0.1) is 16.9 Å². The monoisotopic (exact) mass is 394 g/mol. The second-order valence-electron chi connectivity index (χ2n) is 5.81. The maximum atomic E-state index is 12.7. The first-order valence-electron chi connectivity index (χ1n) is 8.37. The van der Waals surface area contributed by atoms with Gasteiger partial charge >= 0.3 is 0 Å². The van der Waals surface area contributed by atoms with Gasteiger partial charge in [0.25, 0.3) is 0 Å². The number of anilines is 1. The zero-order valence-corrected chi connectivity index (χ0v) is 15.9. The van der Waals surface area contributed by atoms with Gasteiger partial charge in [0.2, 0.25) is 15.7 Å². The Hall–Kier alpha value is -3.45. The van der Waals surface area contributed by atoms with Crippen LogP contribution in [0.2, 0.25) is 0 Å². The SMILES string of the molecule is COc1ccc(S(=O)(=O)c2ccc(NC(=O)/C=C\c3cccnc3)cc2)cc1. The lowest BCUT2D eigenvalue weighted by Crippen LogP contribution is -2.08. The topological polar surface area (TPSA) is 85.4 Å². The number of pyridine rings is 1. The normalized spacial score (nSPS) is 11.3. The molecule has 0 spiro atoms. The van der Waals surface area contributed by atoms with E-state index < -0.39 is 9.84 Å². The lowest BCUT2D eigenvalue weighted by atomic mass is 10.2. The Morgan fingerprint density at radius 3 is 2.21 bits per heavy atom. The van der Waals surface area contributed by atoms with Crippen LogP contribution in [0.25, 0.3) is 6.08 Å². The van der Waals surface area contributed by atoms with Gasteiger partial charge in [0.1, 0.15) is 5.75 Å². The number of nitrogens with zero attached hydrogens (tertiary/aromatic N) is 1. The van der Waals surface area contributed by atoms with Crippen molar-refractivity contribution in [2.45, 2.75) is 9.79 Å². The molecule has 28 heavy (non-hydrogen) atoms. The van der Waals surface area contributed by atoms with Gasteiger partial charge < -0.3 is 10.1 Å². The number of aromatic nitrogens is 1. The second kappa shape index (κ2) is 8.49. The number of hydrogen-bond acceptors (Lipinski definition) is 5. The maximum absolute atomic E-state index is 12.7. The van der Waals surface area contributed by atoms with Crippen LogP contribution in [-0.4, -0.2) is 26.4 Å². The van der Waals surface area contributed by atoms with Crippen LogP contribution in [0.3, 0.4) is 0 Å². The average Bonchev–Trinajstić information content (AvgIpc) is 2.73. The summed E-state index contributed by atoms with van der Waals surface area (Å²) in [7, 11) is -2.13. The van der Waals surface area contributed by atoms with Crippen molar-refractivity contribution < 1.29 is 17.9 Å². The van der Waals surface area contributed by atoms with Crippen molar-refractivity contribution in [2.75, 3.05) is 12.4 Å². The fraction of sp³-hybridized carbons (Fsp3) is 0.0476. The van der Waals surface area contributed by atoms with Crippen molar-refractivity contribution in [1.82, 2.24) is 4.98 Å². The highest BCUT2D eigenvalue weighted by molar-refractivity contribution is 7.91. The van der Waals surface area contributed by atoms with E-state index in [2.05, 4.69) is 10.3 Å². The molecule has 0 aliphatic carbocycles. The number of nitrogens with one attached hydrogen (secondary N) is 1. The Balaban J connectivity index is 1.70. The van der Waals surface area contributed by atoms with E-state index in [0.717, 1.165) is 5.56 Å². The van der Waals surface area contributed by atoms with Gasteiger partial charge in [-0.05, 0) is 66.2 Å². The second-order valence-corrected chi connectivity index (χ2v) is 7.76. The van der Waals surface area contributed by atoms with Crippen LogP contribution in [0.4, 0.5) is 5.69 Å². The van der Waals surface area contributed by atoms with Gasteiger partial charge in [0.15, 0.2) is 0 Å². The molecule has 0 saturated heterocycles. The van der Waals surface area contributed by atoms with Crippen LogP contribution in [0.1, 0.15) is 5.56 Å². The zero-order chi connectivity index (χ0) is 20.0. The van der Waals surface area contributed by atoms with Crippen molar-refractivity contribution in [2.24, 2.45) is 0 Å². The van der Waals surface area contributed by atoms with Crippen LogP contribution in [0.15, 0.2) is 88.9 Å². The highest BCUT2D eigenvalue weighted by Crippen LogP contribution is 2.24. The molecule has 0 saturated carbocycles. The summed E-state index contributed by atoms with van der Waals surface area (Å²) >= 11 is 0. The molecule has 3 aromatic rings. The first kappa shape index (κ1) is 19.3. The minimum Gasteiger partial charge on any atom is -0.497 e. The molecule has 0 bridgehead atoms. The highest BCUT2D eigenvalue weighted by Gasteiger charge is 2.17. The fourth-order valence-corrected chi connectivity index (χ4v) is 3.70. The number of hydrogen-bond donors (Lipinski definition) is 1. The highest BCUT2D eigenvalue weighted by atomic mass is 32.2. The van der Waals surface area contributed by atoms with Crippen molar-refractivity contribution >= 4 is 27.5 Å². The summed E-state index contributed by atoms with van der Waals surface area (Å²) in [5.41, 5.74) is 1.30. The standard InChI is InChI=1S/C21H18N2O4S/c1-27-18-7-11-20(12-8-18)28(25,26)19-9-5-17(6-10-19)23-21(24)13-4-16-3-2-14-22-15-16/h2-15H,1H3,(H,23,24)/b13-4-. The summed E-state index contributed by atoms with van der Waals surface area (Å²) in [5, 5.41) is 2.69. The van der Waals surface area contributed by atoms with Crippen LogP contribution < -0.4 is 10.1 Å². The van der Waals surface area contributed by atoms with E-state index in [1.807, 2.05) is 6.07 Å². The van der Waals surface area contributed by atoms with Crippen LogP contribution in [0.5, 0.6) is 5.75 Å². The number of ether oxygens (including phenoxy) is 1. The molecule has 0 aliphatic rings. The van der Waals surface area contributed by atoms with Crippen LogP contribution in [0, 0.1) is 0 Å². The number of carbonyl (C=O) groups excluding carboxylic acids is 1. The van der Waals surface area contributed by atoms with Crippen molar-refractivity contribution in [1.29, 1.82) is 0 Å². The van der Waals surface area contributed by atoms with E-state index in [1.165, 1.54) is 37.5 Å². The van der Waals surface area contributed by atoms with Crippen LogP contribution in [-0.2, 0) is 14.6 Å². The van der Waals surface area contributed by atoms with E-state index >= 15 is 0 Å². The summed E-state index contributed by atoms with van der Waals surface area (Å²) < 4.78 is 30.4. The largest absolute Gasteiger partial charge is 0.497 e. The number of amides is 1. The molecule has 0 atom stereocenters. The van der Waals surface area contributed by atoms with Crippen molar-refractivity contribution in [3.05, 3.63) is 84.7 Å². The van der Waals surface area contributed by atoms with Crippen LogP contribution >= 0.6 is 0 Å². The van der Waals surface area contributed by atoms with Gasteiger partial charge in [-0.2, -0.15) is 0 Å². The van der Waals surface area contributed by atoms with Gasteiger partial charge in [-0.1, -0.05) is 6.07 Å². The molecule has 7 heteroatoms. The number of carbonyl (C=O) groups is 1. The van der Waals surface area contributed by atoms with Gasteiger partial charge in [0, 0.05) is 24.2 Å². The van der Waals surface area contributed by atoms with E-state index in [9.17, 15) is 13.2 Å². The Labute approximate surface area is 163 Å². The summed E-state index contributed by atoms with van der Waals surface area (Å²) in [6.07, 6.45) is 6.32. The predicted molar refractivity (Wildman–Crippen MR) is 107 cm³/mol. The maximum Gasteiger partial charge on any atom is 0.248 e. The molecule has 1 aromatic heterocycles. The molecule has 0 aliphatic heterocycles. The first-order chi connectivity index (χ1) is 13.5. The molecule has 0 unspecified atom stereocenters. The lowest BCUT2D eigenvalue weighted by Gasteiger charge is -2.07. The number of rotatable bonds is 6. The number of sulfone groups is 1. The molecule has 1 amide bonds. The summed E-state index contributed by atoms with van der Waals surface area (Å²) in [6.45, 7) is 0. The smallest absolute Gasteiger partial charge is 0.248 e. The summed E-state index contributed by atoms with van der Waals surface area (Å²) in [4.78, 5) is 16.3. The first-order valence-corrected chi connectivity index (χ1v) is 9.86. The quantitative estimate of drug-likeness (QED) is 0.646. The molecule has 2 aromatic carbocycles. The van der Waals surface area contributed by atoms with Gasteiger partial charge in [-0.15, -0.1) is 0 Å². The summed E-state index contributed by atoms with van der Waals surface area (Å²) in [5.74, 6) is 0.256.